The molecule has 1 unspecified atom stereocenters. The average molecular weight is 247 g/mol. The molecule has 0 bridgehead atoms. The van der Waals surface area contributed by atoms with Crippen LogP contribution in [0, 0.1) is 5.92 Å². The lowest BCUT2D eigenvalue weighted by molar-refractivity contribution is -0.122. The minimum atomic E-state index is -0.0934. The molecule has 96 valence electrons. The molecule has 2 aromatic rings. The van der Waals surface area contributed by atoms with Crippen LogP contribution in [0.15, 0.2) is 30.5 Å². The van der Waals surface area contributed by atoms with E-state index in [1.54, 1.807) is 10.9 Å². The van der Waals surface area contributed by atoms with Crippen LogP contribution in [0.1, 0.15) is 6.92 Å². The minimum absolute atomic E-state index is 0.0725. The van der Waals surface area contributed by atoms with Crippen molar-refractivity contribution in [1.82, 2.24) is 15.1 Å². The summed E-state index contributed by atoms with van der Waals surface area (Å²) in [4.78, 5) is 11.7. The van der Waals surface area contributed by atoms with Gasteiger partial charge in [0.05, 0.1) is 11.7 Å². The number of hydrogen-bond donors (Lipinski definition) is 2. The summed E-state index contributed by atoms with van der Waals surface area (Å²) in [6, 6.07) is 7.76. The first-order valence-electron chi connectivity index (χ1n) is 5.99. The lowest BCUT2D eigenvalue weighted by atomic mass is 10.2. The quantitative estimate of drug-likeness (QED) is 0.820. The molecule has 2 rings (SSSR count). The van der Waals surface area contributed by atoms with E-state index < -0.39 is 0 Å². The molecule has 1 atom stereocenters. The molecule has 5 heteroatoms. The van der Waals surface area contributed by atoms with Gasteiger partial charge in [-0.1, -0.05) is 25.1 Å². The number of fused-ring (bicyclic) bond motifs is 1. The van der Waals surface area contributed by atoms with Crippen molar-refractivity contribution in [2.45, 2.75) is 13.5 Å². The Morgan fingerprint density at radius 1 is 1.50 bits per heavy atom. The number of aliphatic hydroxyl groups is 1. The van der Waals surface area contributed by atoms with Crippen LogP contribution in [-0.2, 0) is 11.3 Å². The van der Waals surface area contributed by atoms with Gasteiger partial charge < -0.3 is 10.4 Å². The van der Waals surface area contributed by atoms with Gasteiger partial charge in [-0.25, -0.2) is 0 Å². The van der Waals surface area contributed by atoms with Gasteiger partial charge in [-0.05, 0) is 12.0 Å². The number of aromatic nitrogens is 2. The van der Waals surface area contributed by atoms with Crippen molar-refractivity contribution in [3.63, 3.8) is 0 Å². The number of benzene rings is 1. The third-order valence-electron chi connectivity index (χ3n) is 2.80. The van der Waals surface area contributed by atoms with Crippen molar-refractivity contribution in [2.75, 3.05) is 13.2 Å². The van der Waals surface area contributed by atoms with Crippen molar-refractivity contribution in [3.05, 3.63) is 30.5 Å². The Hall–Kier alpha value is -1.88. The van der Waals surface area contributed by atoms with E-state index in [1.807, 2.05) is 31.2 Å². The maximum atomic E-state index is 11.7. The topological polar surface area (TPSA) is 67.2 Å². The molecule has 0 aliphatic heterocycles. The molecular weight excluding hydrogens is 230 g/mol. The molecule has 1 aromatic heterocycles. The van der Waals surface area contributed by atoms with Crippen molar-refractivity contribution in [3.8, 4) is 0 Å². The number of aliphatic hydroxyl groups excluding tert-OH is 1. The van der Waals surface area contributed by atoms with Gasteiger partial charge in [-0.15, -0.1) is 0 Å². The Morgan fingerprint density at radius 3 is 3.06 bits per heavy atom. The lowest BCUT2D eigenvalue weighted by Crippen LogP contribution is -2.32. The van der Waals surface area contributed by atoms with Crippen LogP contribution < -0.4 is 5.32 Å². The third-order valence-corrected chi connectivity index (χ3v) is 2.80. The van der Waals surface area contributed by atoms with Gasteiger partial charge in [-0.2, -0.15) is 5.10 Å². The fourth-order valence-electron chi connectivity index (χ4n) is 1.70. The van der Waals surface area contributed by atoms with E-state index >= 15 is 0 Å². The third kappa shape index (κ3) is 2.87. The Balaban J connectivity index is 1.99. The largest absolute Gasteiger partial charge is 0.396 e. The van der Waals surface area contributed by atoms with E-state index in [-0.39, 0.29) is 25.0 Å². The highest BCUT2D eigenvalue weighted by Crippen LogP contribution is 2.12. The number of carbonyl (C=O) groups excluding carboxylic acids is 1. The Kier molecular flexibility index (Phi) is 3.94. The van der Waals surface area contributed by atoms with Crippen LogP contribution in [0.2, 0.25) is 0 Å². The van der Waals surface area contributed by atoms with Gasteiger partial charge in [0.1, 0.15) is 6.54 Å². The molecule has 0 saturated carbocycles. The van der Waals surface area contributed by atoms with Crippen molar-refractivity contribution in [2.24, 2.45) is 5.92 Å². The van der Waals surface area contributed by atoms with E-state index in [0.717, 1.165) is 10.9 Å². The summed E-state index contributed by atoms with van der Waals surface area (Å²) in [6.45, 7) is 2.63. The first-order chi connectivity index (χ1) is 8.70. The van der Waals surface area contributed by atoms with E-state index in [0.29, 0.717) is 6.54 Å². The molecule has 0 fully saturated rings. The molecule has 0 radical (unpaired) electrons. The maximum Gasteiger partial charge on any atom is 0.241 e. The van der Waals surface area contributed by atoms with Crippen LogP contribution in [0.4, 0.5) is 0 Å². The van der Waals surface area contributed by atoms with Crippen molar-refractivity contribution >= 4 is 16.8 Å². The molecular formula is C13H17N3O2. The zero-order chi connectivity index (χ0) is 13.0. The summed E-state index contributed by atoms with van der Waals surface area (Å²) in [5.41, 5.74) is 0.947. The van der Waals surface area contributed by atoms with E-state index in [4.69, 9.17) is 5.11 Å². The van der Waals surface area contributed by atoms with Gasteiger partial charge in [0.2, 0.25) is 5.91 Å². The fourth-order valence-corrected chi connectivity index (χ4v) is 1.70. The molecule has 1 amide bonds. The maximum absolute atomic E-state index is 11.7. The van der Waals surface area contributed by atoms with E-state index in [9.17, 15) is 4.79 Å². The predicted octanol–water partition coefficient (Wildman–Crippen LogP) is 0.781. The number of nitrogens with zero attached hydrogens (tertiary/aromatic N) is 2. The standard InChI is InChI=1S/C13H17N3O2/c1-10(9-17)6-14-13(18)8-16-12-5-3-2-4-11(12)7-15-16/h2-5,7,10,17H,6,8-9H2,1H3,(H,14,18). The number of amides is 1. The second-order valence-corrected chi connectivity index (χ2v) is 4.45. The normalized spacial score (nSPS) is 12.6. The summed E-state index contributed by atoms with van der Waals surface area (Å²) in [5.74, 6) is -0.0209. The molecule has 0 saturated heterocycles. The van der Waals surface area contributed by atoms with Crippen molar-refractivity contribution in [1.29, 1.82) is 0 Å². The predicted molar refractivity (Wildman–Crippen MR) is 69.0 cm³/mol. The second kappa shape index (κ2) is 5.64. The van der Waals surface area contributed by atoms with Crippen LogP contribution >= 0.6 is 0 Å². The highest BCUT2D eigenvalue weighted by molar-refractivity contribution is 5.81. The van der Waals surface area contributed by atoms with Crippen LogP contribution in [-0.4, -0.2) is 33.9 Å². The molecule has 18 heavy (non-hydrogen) atoms. The zero-order valence-corrected chi connectivity index (χ0v) is 10.3. The van der Waals surface area contributed by atoms with Crippen LogP contribution in [0.5, 0.6) is 0 Å². The monoisotopic (exact) mass is 247 g/mol. The molecule has 5 nitrogen and oxygen atoms in total. The van der Waals surface area contributed by atoms with Crippen LogP contribution in [0.25, 0.3) is 10.9 Å². The molecule has 1 aromatic carbocycles. The number of carbonyl (C=O) groups is 1. The Bertz CT molecular complexity index is 536. The minimum Gasteiger partial charge on any atom is -0.396 e. The van der Waals surface area contributed by atoms with Gasteiger partial charge in [0, 0.05) is 18.5 Å². The number of hydrogen-bond acceptors (Lipinski definition) is 3. The van der Waals surface area contributed by atoms with Crippen molar-refractivity contribution < 1.29 is 9.90 Å². The summed E-state index contributed by atoms with van der Waals surface area (Å²) in [5, 5.41) is 16.9. The SMILES string of the molecule is CC(CO)CNC(=O)Cn1ncc2ccccc21. The Morgan fingerprint density at radius 2 is 2.28 bits per heavy atom. The average Bonchev–Trinajstić information content (AvgIpc) is 2.79. The highest BCUT2D eigenvalue weighted by Gasteiger charge is 2.08. The fraction of sp³-hybridized carbons (Fsp3) is 0.385. The highest BCUT2D eigenvalue weighted by atomic mass is 16.3. The summed E-state index contributed by atoms with van der Waals surface area (Å²) in [6.07, 6.45) is 1.75. The summed E-state index contributed by atoms with van der Waals surface area (Å²) in [7, 11) is 0. The number of rotatable bonds is 5. The van der Waals surface area contributed by atoms with E-state index in [1.165, 1.54) is 0 Å². The van der Waals surface area contributed by atoms with Gasteiger partial charge >= 0.3 is 0 Å². The van der Waals surface area contributed by atoms with Gasteiger partial charge in [-0.3, -0.25) is 9.48 Å². The smallest absolute Gasteiger partial charge is 0.241 e. The molecule has 0 spiro atoms. The van der Waals surface area contributed by atoms with Gasteiger partial charge in [0.15, 0.2) is 0 Å². The summed E-state index contributed by atoms with van der Waals surface area (Å²) < 4.78 is 1.67. The summed E-state index contributed by atoms with van der Waals surface area (Å²) >= 11 is 0. The van der Waals surface area contributed by atoms with Crippen LogP contribution in [0.3, 0.4) is 0 Å². The Labute approximate surface area is 105 Å². The first-order valence-corrected chi connectivity index (χ1v) is 5.99. The molecule has 1 heterocycles. The number of para-hydroxylation sites is 1. The molecule has 0 aliphatic rings. The zero-order valence-electron chi connectivity index (χ0n) is 10.3. The molecule has 0 aliphatic carbocycles. The first kappa shape index (κ1) is 12.6. The molecule has 2 N–H and O–H groups in total. The lowest BCUT2D eigenvalue weighted by Gasteiger charge is -2.10. The second-order valence-electron chi connectivity index (χ2n) is 4.45. The van der Waals surface area contributed by atoms with E-state index in [2.05, 4.69) is 10.4 Å². The number of nitrogens with one attached hydrogen (secondary N) is 1. The van der Waals surface area contributed by atoms with Gasteiger partial charge in [0.25, 0.3) is 0 Å².